The second-order valence-corrected chi connectivity index (χ2v) is 5.14. The molecule has 1 aromatic rings. The van der Waals surface area contributed by atoms with Crippen LogP contribution in [0.5, 0.6) is 5.75 Å². The van der Waals surface area contributed by atoms with Gasteiger partial charge in [0.1, 0.15) is 11.9 Å². The Morgan fingerprint density at radius 2 is 2.18 bits per heavy atom. The predicted octanol–water partition coefficient (Wildman–Crippen LogP) is 1.81. The summed E-state index contributed by atoms with van der Waals surface area (Å²) in [6, 6.07) is 5.55. The van der Waals surface area contributed by atoms with Crippen LogP contribution in [0, 0.1) is 0 Å². The molecule has 1 aliphatic rings. The van der Waals surface area contributed by atoms with Gasteiger partial charge in [0.25, 0.3) is 5.91 Å². The second kappa shape index (κ2) is 5.06. The molecule has 2 rings (SSSR count). The highest BCUT2D eigenvalue weighted by atomic mass is 79.9. The van der Waals surface area contributed by atoms with Crippen LogP contribution in [0.2, 0.25) is 0 Å². The van der Waals surface area contributed by atoms with Crippen LogP contribution in [0.15, 0.2) is 22.7 Å². The highest BCUT2D eigenvalue weighted by molar-refractivity contribution is 9.10. The lowest BCUT2D eigenvalue weighted by Gasteiger charge is -2.16. The molecule has 0 spiro atoms. The predicted molar refractivity (Wildman–Crippen MR) is 68.9 cm³/mol. The van der Waals surface area contributed by atoms with E-state index >= 15 is 0 Å². The maximum Gasteiger partial charge on any atom is 0.253 e. The first-order valence-corrected chi connectivity index (χ1v) is 6.37. The summed E-state index contributed by atoms with van der Waals surface area (Å²) in [7, 11) is 0. The minimum absolute atomic E-state index is 0.0809. The van der Waals surface area contributed by atoms with Gasteiger partial charge in [0.15, 0.2) is 0 Å². The van der Waals surface area contributed by atoms with Crippen LogP contribution < -0.4 is 16.2 Å². The van der Waals surface area contributed by atoms with Crippen LogP contribution in [0.4, 0.5) is 0 Å². The maximum absolute atomic E-state index is 11.4. The number of carbonyl (C=O) groups excluding carboxylic acids is 1. The third kappa shape index (κ3) is 2.79. The molecule has 2 unspecified atom stereocenters. The number of rotatable bonds is 3. The van der Waals surface area contributed by atoms with E-state index in [2.05, 4.69) is 15.9 Å². The lowest BCUT2D eigenvalue weighted by Crippen LogP contribution is -2.21. The van der Waals surface area contributed by atoms with E-state index in [1.165, 1.54) is 0 Å². The van der Waals surface area contributed by atoms with Gasteiger partial charge >= 0.3 is 0 Å². The average molecular weight is 299 g/mol. The SMILES string of the molecule is NC(=O)c1c(Br)cccc1OC1CCC(N)C1. The summed E-state index contributed by atoms with van der Waals surface area (Å²) in [5, 5.41) is 0. The normalized spacial score (nSPS) is 23.6. The Morgan fingerprint density at radius 3 is 2.76 bits per heavy atom. The average Bonchev–Trinajstić information content (AvgIpc) is 2.63. The van der Waals surface area contributed by atoms with Gasteiger partial charge in [-0.05, 0) is 47.3 Å². The Kier molecular flexibility index (Phi) is 3.69. The monoisotopic (exact) mass is 298 g/mol. The summed E-state index contributed by atoms with van der Waals surface area (Å²) in [4.78, 5) is 11.4. The van der Waals surface area contributed by atoms with Crippen LogP contribution in [0.25, 0.3) is 0 Å². The Labute approximate surface area is 108 Å². The van der Waals surface area contributed by atoms with E-state index in [4.69, 9.17) is 16.2 Å². The van der Waals surface area contributed by atoms with E-state index in [9.17, 15) is 4.79 Å². The van der Waals surface area contributed by atoms with Crippen molar-refractivity contribution in [3.05, 3.63) is 28.2 Å². The van der Waals surface area contributed by atoms with Gasteiger partial charge in [0, 0.05) is 10.5 Å². The summed E-state index contributed by atoms with van der Waals surface area (Å²) >= 11 is 3.30. The number of carbonyl (C=O) groups is 1. The zero-order valence-electron chi connectivity index (χ0n) is 9.36. The fourth-order valence-electron chi connectivity index (χ4n) is 2.10. The van der Waals surface area contributed by atoms with Gasteiger partial charge in [-0.2, -0.15) is 0 Å². The molecule has 5 heteroatoms. The van der Waals surface area contributed by atoms with E-state index in [-0.39, 0.29) is 12.1 Å². The lowest BCUT2D eigenvalue weighted by molar-refractivity contribution is 0.0992. The maximum atomic E-state index is 11.4. The standard InChI is InChI=1S/C12H15BrN2O2/c13-9-2-1-3-10(11(9)12(15)16)17-8-5-4-7(14)6-8/h1-3,7-8H,4-6,14H2,(H2,15,16). The van der Waals surface area contributed by atoms with E-state index in [0.717, 1.165) is 19.3 Å². The minimum atomic E-state index is -0.491. The number of amides is 1. The number of benzene rings is 1. The molecule has 0 aromatic heterocycles. The quantitative estimate of drug-likeness (QED) is 0.893. The summed E-state index contributed by atoms with van der Waals surface area (Å²) < 4.78 is 6.47. The van der Waals surface area contributed by atoms with E-state index < -0.39 is 5.91 Å². The van der Waals surface area contributed by atoms with Crippen molar-refractivity contribution in [2.24, 2.45) is 11.5 Å². The van der Waals surface area contributed by atoms with E-state index in [1.54, 1.807) is 12.1 Å². The molecule has 92 valence electrons. The van der Waals surface area contributed by atoms with Crippen molar-refractivity contribution in [1.82, 2.24) is 0 Å². The molecule has 1 aromatic carbocycles. The van der Waals surface area contributed by atoms with Gasteiger partial charge in [-0.3, -0.25) is 4.79 Å². The third-order valence-electron chi connectivity index (χ3n) is 2.94. The molecule has 4 nitrogen and oxygen atoms in total. The number of halogens is 1. The number of hydrogen-bond acceptors (Lipinski definition) is 3. The first-order valence-electron chi connectivity index (χ1n) is 5.58. The van der Waals surface area contributed by atoms with Crippen LogP contribution >= 0.6 is 15.9 Å². The van der Waals surface area contributed by atoms with E-state index in [1.807, 2.05) is 6.07 Å². The van der Waals surface area contributed by atoms with Gasteiger partial charge in [0.05, 0.1) is 5.56 Å². The summed E-state index contributed by atoms with van der Waals surface area (Å²) in [6.45, 7) is 0. The van der Waals surface area contributed by atoms with Crippen LogP contribution in [-0.4, -0.2) is 18.1 Å². The molecule has 17 heavy (non-hydrogen) atoms. The molecular weight excluding hydrogens is 284 g/mol. The molecule has 0 bridgehead atoms. The van der Waals surface area contributed by atoms with Gasteiger partial charge < -0.3 is 16.2 Å². The number of ether oxygens (including phenoxy) is 1. The Balaban J connectivity index is 2.20. The Bertz CT molecular complexity index is 437. The molecule has 1 aliphatic carbocycles. The van der Waals surface area contributed by atoms with Crippen molar-refractivity contribution in [2.75, 3.05) is 0 Å². The summed E-state index contributed by atoms with van der Waals surface area (Å²) in [6.07, 6.45) is 2.79. The first-order chi connectivity index (χ1) is 8.08. The van der Waals surface area contributed by atoms with Crippen LogP contribution in [0.3, 0.4) is 0 Å². The van der Waals surface area contributed by atoms with Crippen molar-refractivity contribution in [3.63, 3.8) is 0 Å². The number of nitrogens with two attached hydrogens (primary N) is 2. The molecule has 0 heterocycles. The minimum Gasteiger partial charge on any atom is -0.489 e. The fourth-order valence-corrected chi connectivity index (χ4v) is 2.65. The molecule has 0 radical (unpaired) electrons. The lowest BCUT2D eigenvalue weighted by atomic mass is 10.2. The van der Waals surface area contributed by atoms with Gasteiger partial charge in [-0.1, -0.05) is 6.07 Å². The molecular formula is C12H15BrN2O2. The molecule has 4 N–H and O–H groups in total. The zero-order chi connectivity index (χ0) is 12.4. The van der Waals surface area contributed by atoms with Crippen molar-refractivity contribution >= 4 is 21.8 Å². The fraction of sp³-hybridized carbons (Fsp3) is 0.417. The molecule has 1 amide bonds. The molecule has 1 fully saturated rings. The smallest absolute Gasteiger partial charge is 0.253 e. The highest BCUT2D eigenvalue weighted by Crippen LogP contribution is 2.30. The van der Waals surface area contributed by atoms with Gasteiger partial charge in [-0.25, -0.2) is 0 Å². The van der Waals surface area contributed by atoms with Crippen LogP contribution in [0.1, 0.15) is 29.6 Å². The van der Waals surface area contributed by atoms with Crippen LogP contribution in [-0.2, 0) is 0 Å². The Morgan fingerprint density at radius 1 is 1.41 bits per heavy atom. The first kappa shape index (κ1) is 12.4. The zero-order valence-corrected chi connectivity index (χ0v) is 10.9. The summed E-state index contributed by atoms with van der Waals surface area (Å²) in [5.74, 6) is 0.0424. The van der Waals surface area contributed by atoms with Crippen molar-refractivity contribution in [3.8, 4) is 5.75 Å². The number of hydrogen-bond donors (Lipinski definition) is 2. The van der Waals surface area contributed by atoms with Gasteiger partial charge in [0.2, 0.25) is 0 Å². The topological polar surface area (TPSA) is 78.3 Å². The Hall–Kier alpha value is -1.07. The van der Waals surface area contributed by atoms with Crippen molar-refractivity contribution < 1.29 is 9.53 Å². The highest BCUT2D eigenvalue weighted by Gasteiger charge is 2.25. The van der Waals surface area contributed by atoms with Crippen molar-refractivity contribution in [2.45, 2.75) is 31.4 Å². The van der Waals surface area contributed by atoms with Crippen molar-refractivity contribution in [1.29, 1.82) is 0 Å². The molecule has 2 atom stereocenters. The molecule has 0 aliphatic heterocycles. The number of primary amides is 1. The third-order valence-corrected chi connectivity index (χ3v) is 3.60. The molecule has 0 saturated heterocycles. The molecule has 1 saturated carbocycles. The van der Waals surface area contributed by atoms with Gasteiger partial charge in [-0.15, -0.1) is 0 Å². The largest absolute Gasteiger partial charge is 0.489 e. The summed E-state index contributed by atoms with van der Waals surface area (Å²) in [5.41, 5.74) is 11.6. The second-order valence-electron chi connectivity index (χ2n) is 4.29. The van der Waals surface area contributed by atoms with E-state index in [0.29, 0.717) is 15.8 Å².